The summed E-state index contributed by atoms with van der Waals surface area (Å²) in [5.41, 5.74) is 2.74. The third kappa shape index (κ3) is 5.41. The van der Waals surface area contributed by atoms with E-state index in [1.54, 1.807) is 0 Å². The van der Waals surface area contributed by atoms with Gasteiger partial charge in [0.2, 0.25) is 5.91 Å². The van der Waals surface area contributed by atoms with Crippen molar-refractivity contribution in [2.24, 2.45) is 0 Å². The van der Waals surface area contributed by atoms with Crippen molar-refractivity contribution in [3.63, 3.8) is 0 Å². The molecule has 0 spiro atoms. The molecule has 1 aliphatic heterocycles. The van der Waals surface area contributed by atoms with Crippen LogP contribution in [-0.2, 0) is 16.1 Å². The molecule has 0 bridgehead atoms. The van der Waals surface area contributed by atoms with E-state index in [-0.39, 0.29) is 12.5 Å². The van der Waals surface area contributed by atoms with Crippen molar-refractivity contribution < 1.29 is 14.3 Å². The quantitative estimate of drug-likeness (QED) is 0.407. The Morgan fingerprint density at radius 1 is 0.939 bits per heavy atom. The number of β-lactam (4-membered cyclic amide) rings is 1. The van der Waals surface area contributed by atoms with Gasteiger partial charge >= 0.3 is 6.09 Å². The van der Waals surface area contributed by atoms with Gasteiger partial charge in [-0.25, -0.2) is 4.79 Å². The zero-order valence-electron chi connectivity index (χ0n) is 21.2. The summed E-state index contributed by atoms with van der Waals surface area (Å²) in [4.78, 5) is 27.8. The Bertz CT molecular complexity index is 979. The molecule has 3 rings (SSSR count). The fourth-order valence-corrected chi connectivity index (χ4v) is 18.2. The van der Waals surface area contributed by atoms with Crippen molar-refractivity contribution in [3.05, 3.63) is 60.2 Å². The minimum absolute atomic E-state index is 0.0130. The number of ether oxygens (including phenoxy) is 1. The number of rotatable bonds is 7. The first-order valence-electron chi connectivity index (χ1n) is 11.6. The van der Waals surface area contributed by atoms with Gasteiger partial charge in [-0.1, -0.05) is 93.9 Å². The molecule has 1 aliphatic rings. The molecule has 1 saturated heterocycles. The number of carbonyl (C=O) groups excluding carboxylic acids is 2. The molecule has 0 radical (unpaired) electrons. The van der Waals surface area contributed by atoms with Gasteiger partial charge in [0.25, 0.3) is 0 Å². The van der Waals surface area contributed by atoms with Crippen LogP contribution >= 0.6 is 0 Å². The maximum absolute atomic E-state index is 13.2. The summed E-state index contributed by atoms with van der Waals surface area (Å²) in [6.07, 6.45) is -0.550. The summed E-state index contributed by atoms with van der Waals surface area (Å²) in [7, 11) is -3.24. The summed E-state index contributed by atoms with van der Waals surface area (Å²) < 4.78 is 5.45. The number of alkyl carbamates (subject to hydrolysis) is 1. The molecule has 1 atom stereocenters. The second-order valence-corrected chi connectivity index (χ2v) is 22.8. The van der Waals surface area contributed by atoms with Gasteiger partial charge in [-0.2, -0.15) is 0 Å². The first kappa shape index (κ1) is 25.2. The highest BCUT2D eigenvalue weighted by molar-refractivity contribution is 6.96. The molecule has 0 aromatic heterocycles. The van der Waals surface area contributed by atoms with E-state index >= 15 is 0 Å². The van der Waals surface area contributed by atoms with Crippen LogP contribution in [0.5, 0.6) is 0 Å². The smallest absolute Gasteiger partial charge is 0.408 e. The predicted molar refractivity (Wildman–Crippen MR) is 140 cm³/mol. The number of amides is 2. The Hall–Kier alpha value is -2.39. The van der Waals surface area contributed by atoms with Gasteiger partial charge in [0.1, 0.15) is 12.6 Å². The molecule has 33 heavy (non-hydrogen) atoms. The highest BCUT2D eigenvalue weighted by Crippen LogP contribution is 2.39. The highest BCUT2D eigenvalue weighted by atomic mass is 28.4. The molecule has 2 aromatic carbocycles. The van der Waals surface area contributed by atoms with Crippen molar-refractivity contribution in [1.82, 2.24) is 10.2 Å². The first-order chi connectivity index (χ1) is 15.2. The monoisotopic (exact) mass is 482 g/mol. The summed E-state index contributed by atoms with van der Waals surface area (Å²) in [6, 6.07) is 17.6. The molecule has 178 valence electrons. The summed E-state index contributed by atoms with van der Waals surface area (Å²) in [6.45, 7) is 18.3. The molecule has 0 aliphatic carbocycles. The van der Waals surface area contributed by atoms with Crippen molar-refractivity contribution in [3.8, 4) is 11.1 Å². The third-order valence-corrected chi connectivity index (χ3v) is 15.4. The molecule has 1 heterocycles. The number of likely N-dealkylation sites (tertiary alicyclic amines) is 1. The molecule has 1 fully saturated rings. The molecular formula is C26H38N2O3Si2. The standard InChI is InChI=1S/C26H38N2O3Si2/c1-26(2)22(23(29)28(26)25(32(3,4)5)33(6,7)8)27-24(30)31-18-19-14-16-21(17-15-19)20-12-10-9-11-13-20/h9-17,22,25H,18H2,1-8H3,(H,27,30)/t22-/m1/s1. The molecule has 2 amide bonds. The lowest BCUT2D eigenvalue weighted by molar-refractivity contribution is -0.159. The average molecular weight is 483 g/mol. The lowest BCUT2D eigenvalue weighted by Crippen LogP contribution is -2.84. The molecule has 0 unspecified atom stereocenters. The molecule has 0 saturated carbocycles. The predicted octanol–water partition coefficient (Wildman–Crippen LogP) is 5.69. The number of nitrogens with one attached hydrogen (secondary N) is 1. The number of benzene rings is 2. The van der Waals surface area contributed by atoms with Crippen LogP contribution in [0.1, 0.15) is 19.4 Å². The zero-order valence-corrected chi connectivity index (χ0v) is 23.2. The third-order valence-electron chi connectivity index (χ3n) is 6.40. The summed E-state index contributed by atoms with van der Waals surface area (Å²) in [5.74, 6) is 0.0130. The van der Waals surface area contributed by atoms with Crippen LogP contribution in [0.3, 0.4) is 0 Å². The second kappa shape index (κ2) is 9.10. The van der Waals surface area contributed by atoms with E-state index in [0.29, 0.717) is 5.29 Å². The maximum atomic E-state index is 13.2. The second-order valence-electron chi connectivity index (χ2n) is 11.7. The van der Waals surface area contributed by atoms with E-state index < -0.39 is 33.8 Å². The Morgan fingerprint density at radius 2 is 1.45 bits per heavy atom. The molecule has 7 heteroatoms. The van der Waals surface area contributed by atoms with Crippen LogP contribution in [0.25, 0.3) is 11.1 Å². The van der Waals surface area contributed by atoms with Crippen LogP contribution in [-0.4, -0.2) is 49.9 Å². The number of carbonyl (C=O) groups is 2. The Morgan fingerprint density at radius 3 is 1.94 bits per heavy atom. The van der Waals surface area contributed by atoms with Crippen LogP contribution in [0.4, 0.5) is 4.79 Å². The summed E-state index contributed by atoms with van der Waals surface area (Å²) >= 11 is 0. The molecule has 5 nitrogen and oxygen atoms in total. The van der Waals surface area contributed by atoms with Gasteiger partial charge in [0, 0.05) is 5.29 Å². The molecular weight excluding hydrogens is 444 g/mol. The van der Waals surface area contributed by atoms with Crippen LogP contribution < -0.4 is 5.32 Å². The fraction of sp³-hybridized carbons (Fsp3) is 0.462. The van der Waals surface area contributed by atoms with E-state index in [0.717, 1.165) is 16.7 Å². The SMILES string of the molecule is CC1(C)[C@H](NC(=O)OCc2ccc(-c3ccccc3)cc2)C(=O)N1C([Si](C)(C)C)[Si](C)(C)C. The normalized spacial score (nSPS) is 18.2. The Kier molecular flexibility index (Phi) is 6.96. The Balaban J connectivity index is 1.60. The molecule has 1 N–H and O–H groups in total. The van der Waals surface area contributed by atoms with E-state index in [2.05, 4.69) is 75.5 Å². The number of nitrogens with zero attached hydrogens (tertiary/aromatic N) is 1. The largest absolute Gasteiger partial charge is 0.445 e. The van der Waals surface area contributed by atoms with Crippen molar-refractivity contribution in [1.29, 1.82) is 0 Å². The van der Waals surface area contributed by atoms with E-state index in [4.69, 9.17) is 4.74 Å². The van der Waals surface area contributed by atoms with Crippen LogP contribution in [0.15, 0.2) is 54.6 Å². The van der Waals surface area contributed by atoms with Gasteiger partial charge in [0.15, 0.2) is 0 Å². The van der Waals surface area contributed by atoms with Crippen molar-refractivity contribution >= 4 is 28.1 Å². The van der Waals surface area contributed by atoms with E-state index in [1.807, 2.05) is 42.5 Å². The van der Waals surface area contributed by atoms with Crippen LogP contribution in [0, 0.1) is 0 Å². The Labute approximate surface area is 200 Å². The van der Waals surface area contributed by atoms with Gasteiger partial charge in [-0.05, 0) is 30.5 Å². The van der Waals surface area contributed by atoms with E-state index in [9.17, 15) is 9.59 Å². The average Bonchev–Trinajstić information content (AvgIpc) is 2.73. The van der Waals surface area contributed by atoms with Gasteiger partial charge in [-0.3, -0.25) is 4.79 Å². The van der Waals surface area contributed by atoms with Gasteiger partial charge in [-0.15, -0.1) is 0 Å². The van der Waals surface area contributed by atoms with Gasteiger partial charge in [0.05, 0.1) is 21.7 Å². The minimum Gasteiger partial charge on any atom is -0.445 e. The maximum Gasteiger partial charge on any atom is 0.408 e. The minimum atomic E-state index is -1.62. The highest BCUT2D eigenvalue weighted by Gasteiger charge is 2.61. The number of hydrogen-bond acceptors (Lipinski definition) is 3. The van der Waals surface area contributed by atoms with Crippen molar-refractivity contribution in [2.45, 2.75) is 76.6 Å². The van der Waals surface area contributed by atoms with E-state index in [1.165, 1.54) is 0 Å². The van der Waals surface area contributed by atoms with Crippen molar-refractivity contribution in [2.75, 3.05) is 0 Å². The lowest BCUT2D eigenvalue weighted by atomic mass is 9.83. The fourth-order valence-electron chi connectivity index (χ4n) is 5.30. The first-order valence-corrected chi connectivity index (χ1v) is 18.8. The number of hydrogen-bond donors (Lipinski definition) is 1. The summed E-state index contributed by atoms with van der Waals surface area (Å²) in [5, 5.41) is 3.14. The topological polar surface area (TPSA) is 58.6 Å². The van der Waals surface area contributed by atoms with Crippen LogP contribution in [0.2, 0.25) is 39.3 Å². The zero-order chi connectivity index (χ0) is 24.6. The molecule has 2 aromatic rings. The van der Waals surface area contributed by atoms with Gasteiger partial charge < -0.3 is 15.0 Å². The lowest BCUT2D eigenvalue weighted by Gasteiger charge is -2.62.